The van der Waals surface area contributed by atoms with Crippen molar-refractivity contribution in [2.75, 3.05) is 13.1 Å². The minimum absolute atomic E-state index is 0.0853. The van der Waals surface area contributed by atoms with Crippen molar-refractivity contribution in [3.63, 3.8) is 0 Å². The van der Waals surface area contributed by atoms with E-state index < -0.39 is 0 Å². The molecule has 1 aromatic rings. The van der Waals surface area contributed by atoms with E-state index in [4.69, 9.17) is 0 Å². The molecular formula is C43H69N2O2S2+. The fourth-order valence-electron chi connectivity index (χ4n) is 6.82. The molecule has 0 bridgehead atoms. The Morgan fingerprint density at radius 3 is 1.51 bits per heavy atom. The molecule has 2 aliphatic rings. The molecule has 1 aliphatic carbocycles. The molecule has 1 aromatic heterocycles. The number of unbranched alkanes of at least 4 members (excludes halogenated alkanes) is 22. The third kappa shape index (κ3) is 15.1. The Balaban J connectivity index is 1.45. The van der Waals surface area contributed by atoms with Crippen molar-refractivity contribution >= 4 is 39.7 Å². The Morgan fingerprint density at radius 1 is 0.653 bits per heavy atom. The minimum Gasteiger partial charge on any atom is -0.506 e. The van der Waals surface area contributed by atoms with Crippen LogP contribution < -0.4 is 0 Å². The molecule has 274 valence electrons. The van der Waals surface area contributed by atoms with Crippen LogP contribution in [0.1, 0.15) is 184 Å². The third-order valence-corrected chi connectivity index (χ3v) is 12.4. The molecule has 3 rings (SSSR count). The second kappa shape index (κ2) is 25.1. The van der Waals surface area contributed by atoms with Gasteiger partial charge in [0.25, 0.3) is 0 Å². The number of hydrogen-bond acceptors (Lipinski definition) is 5. The number of carbonyl (C=O) groups excluding carboxylic acids is 1. The van der Waals surface area contributed by atoms with Crippen molar-refractivity contribution in [1.82, 2.24) is 4.37 Å². The second-order valence-corrected chi connectivity index (χ2v) is 16.3. The minimum atomic E-state index is -0.0853. The van der Waals surface area contributed by atoms with E-state index in [1.54, 1.807) is 17.8 Å². The highest BCUT2D eigenvalue weighted by Gasteiger charge is 2.36. The normalized spacial score (nSPS) is 16.2. The van der Waals surface area contributed by atoms with Crippen LogP contribution in [0.25, 0.3) is 5.57 Å². The van der Waals surface area contributed by atoms with Gasteiger partial charge in [-0.2, -0.15) is 4.37 Å². The summed E-state index contributed by atoms with van der Waals surface area (Å²) in [6, 6.07) is 0. The lowest BCUT2D eigenvalue weighted by molar-refractivity contribution is -0.525. The molecule has 0 spiro atoms. The number of Topliss-reactive ketones (excluding diaryl/α,β-unsaturated/α-hetero) is 1. The van der Waals surface area contributed by atoms with Gasteiger partial charge in [-0.3, -0.25) is 4.79 Å². The van der Waals surface area contributed by atoms with Gasteiger partial charge in [0.2, 0.25) is 10.8 Å². The summed E-state index contributed by atoms with van der Waals surface area (Å²) >= 11 is 3.09. The largest absolute Gasteiger partial charge is 0.506 e. The smallest absolute Gasteiger partial charge is 0.239 e. The van der Waals surface area contributed by atoms with E-state index in [2.05, 4.69) is 34.9 Å². The molecule has 0 saturated heterocycles. The van der Waals surface area contributed by atoms with E-state index in [0.29, 0.717) is 11.1 Å². The molecule has 0 radical (unpaired) electrons. The molecule has 0 saturated carbocycles. The zero-order valence-corrected chi connectivity index (χ0v) is 33.4. The average Bonchev–Trinajstić information content (AvgIpc) is 3.70. The van der Waals surface area contributed by atoms with Crippen molar-refractivity contribution in [1.29, 1.82) is 0 Å². The lowest BCUT2D eigenvalue weighted by Crippen LogP contribution is -2.20. The highest BCUT2D eigenvalue weighted by atomic mass is 32.2. The first-order valence-electron chi connectivity index (χ1n) is 20.3. The zero-order valence-electron chi connectivity index (χ0n) is 31.8. The summed E-state index contributed by atoms with van der Waals surface area (Å²) in [6.45, 7) is 10.7. The summed E-state index contributed by atoms with van der Waals surface area (Å²) in [6.07, 6.45) is 41.3. The van der Waals surface area contributed by atoms with Crippen LogP contribution in [0.3, 0.4) is 0 Å². The Bertz CT molecular complexity index is 1250. The summed E-state index contributed by atoms with van der Waals surface area (Å²) in [7, 11) is 0. The highest BCUT2D eigenvalue weighted by Crippen LogP contribution is 2.40. The number of carbonyl (C=O) groups is 1. The number of thioether (sulfide) groups is 1. The molecular weight excluding hydrogens is 641 g/mol. The average molecular weight is 710 g/mol. The van der Waals surface area contributed by atoms with Gasteiger partial charge in [0.05, 0.1) is 21.7 Å². The number of hydrogen-bond donors (Lipinski definition) is 1. The predicted octanol–water partition coefficient (Wildman–Crippen LogP) is 13.5. The predicted molar refractivity (Wildman–Crippen MR) is 216 cm³/mol. The lowest BCUT2D eigenvalue weighted by Gasteiger charge is -2.20. The molecule has 4 nitrogen and oxygen atoms in total. The van der Waals surface area contributed by atoms with Crippen molar-refractivity contribution in [2.45, 2.75) is 182 Å². The van der Waals surface area contributed by atoms with Crippen LogP contribution in [-0.4, -0.2) is 38.0 Å². The van der Waals surface area contributed by atoms with Crippen molar-refractivity contribution in [3.05, 3.63) is 56.7 Å². The van der Waals surface area contributed by atoms with E-state index in [-0.39, 0.29) is 11.5 Å². The second-order valence-electron chi connectivity index (χ2n) is 14.5. The Hall–Kier alpha value is -1.92. The van der Waals surface area contributed by atoms with Gasteiger partial charge in [-0.25, -0.2) is 4.58 Å². The Labute approximate surface area is 308 Å². The van der Waals surface area contributed by atoms with Crippen LogP contribution in [0.4, 0.5) is 0 Å². The van der Waals surface area contributed by atoms with Gasteiger partial charge in [-0.05, 0) is 73.8 Å². The summed E-state index contributed by atoms with van der Waals surface area (Å²) in [5, 5.41) is 12.0. The molecule has 0 aromatic carbocycles. The van der Waals surface area contributed by atoms with Crippen LogP contribution in [0.15, 0.2) is 40.5 Å². The van der Waals surface area contributed by atoms with E-state index in [1.165, 1.54) is 171 Å². The molecule has 49 heavy (non-hydrogen) atoms. The van der Waals surface area contributed by atoms with E-state index >= 15 is 0 Å². The Morgan fingerprint density at radius 2 is 1.10 bits per heavy atom. The van der Waals surface area contributed by atoms with Gasteiger partial charge in [-0.1, -0.05) is 142 Å². The van der Waals surface area contributed by atoms with Gasteiger partial charge in [0.1, 0.15) is 18.8 Å². The molecule has 1 aliphatic heterocycles. The maximum atomic E-state index is 12.9. The first-order chi connectivity index (χ1) is 24.0. The van der Waals surface area contributed by atoms with E-state index in [9.17, 15) is 9.90 Å². The third-order valence-electron chi connectivity index (χ3n) is 10.2. The molecule has 0 atom stereocenters. The lowest BCUT2D eigenvalue weighted by atomic mass is 9.85. The number of ketones is 1. The van der Waals surface area contributed by atoms with Gasteiger partial charge in [-0.15, -0.1) is 0 Å². The fourth-order valence-corrected chi connectivity index (χ4v) is 8.71. The number of nitrogens with zero attached hydrogens (tertiary/aromatic N) is 2. The van der Waals surface area contributed by atoms with Crippen LogP contribution in [0.2, 0.25) is 0 Å². The molecule has 0 amide bonds. The molecule has 2 heterocycles. The standard InChI is InChI=1S/C43H68N2O2S2/c1-5-7-9-11-13-15-17-19-21-23-25-27-33-45(34-28-26-24-22-20-18-16-14-12-10-8-6-2)39-32-30-37(48-39)29-31-38-41(46)40(42(38)47)43-35(3)36(4)44-49-43/h29-32H,5-28,33-34H2,1-4H3/p+1/b37-29-. The molecule has 6 heteroatoms. The molecule has 1 N–H and O–H groups in total. The zero-order chi connectivity index (χ0) is 35.1. The van der Waals surface area contributed by atoms with Crippen LogP contribution in [-0.2, 0) is 4.79 Å². The SMILES string of the molecule is CCCCCCCCCCCCCC[N+](CCCCCCCCCCCCCC)=C1C=C/C(=C/C=C2/C(=O)C(c3snc(C)c3C)=C2O)S1. The quantitative estimate of drug-likeness (QED) is 0.0535. The topological polar surface area (TPSA) is 53.2 Å². The number of allylic oxidation sites excluding steroid dienone is 5. The van der Waals surface area contributed by atoms with Crippen molar-refractivity contribution in [2.24, 2.45) is 0 Å². The number of aromatic nitrogens is 1. The first-order valence-corrected chi connectivity index (χ1v) is 21.9. The van der Waals surface area contributed by atoms with Crippen molar-refractivity contribution in [3.8, 4) is 0 Å². The molecule has 0 fully saturated rings. The number of aryl methyl sites for hydroxylation is 1. The maximum absolute atomic E-state index is 12.9. The summed E-state index contributed by atoms with van der Waals surface area (Å²) in [5.74, 6) is 0.0169. The van der Waals surface area contributed by atoms with E-state index in [0.717, 1.165) is 34.1 Å². The summed E-state index contributed by atoms with van der Waals surface area (Å²) < 4.78 is 6.96. The van der Waals surface area contributed by atoms with Gasteiger partial charge >= 0.3 is 0 Å². The van der Waals surface area contributed by atoms with Crippen LogP contribution >= 0.6 is 23.3 Å². The van der Waals surface area contributed by atoms with Gasteiger partial charge in [0.15, 0.2) is 0 Å². The van der Waals surface area contributed by atoms with Crippen LogP contribution in [0, 0.1) is 13.8 Å². The number of aliphatic hydroxyl groups is 1. The van der Waals surface area contributed by atoms with Crippen LogP contribution in [0.5, 0.6) is 0 Å². The number of rotatable bonds is 28. The van der Waals surface area contributed by atoms with Crippen molar-refractivity contribution < 1.29 is 14.5 Å². The maximum Gasteiger partial charge on any atom is 0.239 e. The summed E-state index contributed by atoms with van der Waals surface area (Å²) in [5.41, 5.74) is 2.72. The van der Waals surface area contributed by atoms with Gasteiger partial charge in [0, 0.05) is 23.8 Å². The van der Waals surface area contributed by atoms with Gasteiger partial charge < -0.3 is 5.11 Å². The molecule has 0 unspecified atom stereocenters. The fraction of sp³-hybridized carbons (Fsp3) is 0.698. The number of aliphatic hydroxyl groups excluding tert-OH is 1. The summed E-state index contributed by atoms with van der Waals surface area (Å²) in [4.78, 5) is 14.8. The van der Waals surface area contributed by atoms with E-state index in [1.807, 2.05) is 19.9 Å². The monoisotopic (exact) mass is 709 g/mol. The highest BCUT2D eigenvalue weighted by molar-refractivity contribution is 8.18. The Kier molecular flexibility index (Phi) is 21.3. The first kappa shape index (κ1) is 41.5.